The number of halogens is 2. The number of carbonyl (C=O) groups excluding carboxylic acids is 1. The van der Waals surface area contributed by atoms with E-state index in [0.717, 1.165) is 6.42 Å². The maximum absolute atomic E-state index is 12.2. The van der Waals surface area contributed by atoms with Crippen LogP contribution in [-0.4, -0.2) is 17.5 Å². The number of hydrogen-bond acceptors (Lipinski definition) is 3. The summed E-state index contributed by atoms with van der Waals surface area (Å²) in [6, 6.07) is 8.59. The van der Waals surface area contributed by atoms with Crippen LogP contribution in [0.2, 0.25) is 10.2 Å². The van der Waals surface area contributed by atoms with Gasteiger partial charge in [-0.2, -0.15) is 0 Å². The first-order chi connectivity index (χ1) is 10.1. The fraction of sp³-hybridized carbons (Fsp3) is 0.200. The van der Waals surface area contributed by atoms with Crippen molar-refractivity contribution < 1.29 is 9.53 Å². The molecule has 0 fully saturated rings. The zero-order valence-electron chi connectivity index (χ0n) is 11.4. The van der Waals surface area contributed by atoms with E-state index in [9.17, 15) is 4.79 Å². The maximum atomic E-state index is 12.2. The Kier molecular flexibility index (Phi) is 5.42. The average molecular weight is 325 g/mol. The minimum absolute atomic E-state index is 0.213. The summed E-state index contributed by atoms with van der Waals surface area (Å²) in [5, 5.41) is 3.21. The number of ether oxygens (including phenoxy) is 1. The number of nitrogens with one attached hydrogen (secondary N) is 1. The van der Waals surface area contributed by atoms with Crippen molar-refractivity contribution in [2.75, 3.05) is 11.9 Å². The summed E-state index contributed by atoms with van der Waals surface area (Å²) in [5.41, 5.74) is 0.897. The highest BCUT2D eigenvalue weighted by atomic mass is 35.5. The molecule has 0 atom stereocenters. The standard InChI is InChI=1S/C15H14Cl2N2O2/c1-2-6-21-11-5-3-4-10(7-11)19-15(20)12-8-14(17)18-9-13(12)16/h3-5,7-9H,2,6H2,1H3,(H,19,20). The number of hydrogen-bond donors (Lipinski definition) is 1. The van der Waals surface area contributed by atoms with Crippen LogP contribution >= 0.6 is 23.2 Å². The van der Waals surface area contributed by atoms with Crippen molar-refractivity contribution in [1.82, 2.24) is 4.98 Å². The molecule has 2 aromatic rings. The minimum atomic E-state index is -0.350. The first-order valence-corrected chi connectivity index (χ1v) is 7.21. The lowest BCUT2D eigenvalue weighted by molar-refractivity contribution is 0.102. The van der Waals surface area contributed by atoms with Crippen LogP contribution in [0.5, 0.6) is 5.75 Å². The summed E-state index contributed by atoms with van der Waals surface area (Å²) in [6.45, 7) is 2.66. The average Bonchev–Trinajstić information content (AvgIpc) is 2.48. The van der Waals surface area contributed by atoms with Gasteiger partial charge in [0.2, 0.25) is 0 Å². The van der Waals surface area contributed by atoms with Crippen molar-refractivity contribution in [3.8, 4) is 5.75 Å². The Balaban J connectivity index is 2.14. The first-order valence-electron chi connectivity index (χ1n) is 6.45. The van der Waals surface area contributed by atoms with E-state index >= 15 is 0 Å². The molecule has 0 saturated heterocycles. The third kappa shape index (κ3) is 4.34. The van der Waals surface area contributed by atoms with E-state index in [4.69, 9.17) is 27.9 Å². The number of carbonyl (C=O) groups is 1. The molecule has 0 radical (unpaired) electrons. The van der Waals surface area contributed by atoms with E-state index in [-0.39, 0.29) is 21.6 Å². The molecule has 1 N–H and O–H groups in total. The van der Waals surface area contributed by atoms with Gasteiger partial charge in [-0.25, -0.2) is 4.98 Å². The second kappa shape index (κ2) is 7.29. The molecule has 0 aliphatic rings. The van der Waals surface area contributed by atoms with E-state index in [2.05, 4.69) is 10.3 Å². The van der Waals surface area contributed by atoms with Crippen LogP contribution < -0.4 is 10.1 Å². The van der Waals surface area contributed by atoms with E-state index in [1.165, 1.54) is 12.3 Å². The van der Waals surface area contributed by atoms with Gasteiger partial charge in [0.1, 0.15) is 10.9 Å². The second-order valence-corrected chi connectivity index (χ2v) is 5.11. The van der Waals surface area contributed by atoms with Crippen LogP contribution in [0.1, 0.15) is 23.7 Å². The minimum Gasteiger partial charge on any atom is -0.494 e. The van der Waals surface area contributed by atoms with E-state index in [1.54, 1.807) is 12.1 Å². The van der Waals surface area contributed by atoms with Crippen LogP contribution in [0.15, 0.2) is 36.5 Å². The zero-order chi connectivity index (χ0) is 15.2. The Morgan fingerprint density at radius 3 is 2.90 bits per heavy atom. The van der Waals surface area contributed by atoms with E-state index in [1.807, 2.05) is 19.1 Å². The number of pyridine rings is 1. The maximum Gasteiger partial charge on any atom is 0.257 e. The largest absolute Gasteiger partial charge is 0.494 e. The Bertz CT molecular complexity index is 647. The van der Waals surface area contributed by atoms with E-state index in [0.29, 0.717) is 18.0 Å². The molecule has 6 heteroatoms. The van der Waals surface area contributed by atoms with Crippen LogP contribution in [0.4, 0.5) is 5.69 Å². The van der Waals surface area contributed by atoms with Crippen molar-refractivity contribution in [3.63, 3.8) is 0 Å². The van der Waals surface area contributed by atoms with Gasteiger partial charge in [0, 0.05) is 18.0 Å². The van der Waals surface area contributed by atoms with Gasteiger partial charge in [0.25, 0.3) is 5.91 Å². The summed E-state index contributed by atoms with van der Waals surface area (Å²) in [4.78, 5) is 16.0. The van der Waals surface area contributed by atoms with E-state index < -0.39 is 0 Å². The summed E-state index contributed by atoms with van der Waals surface area (Å²) >= 11 is 11.7. The molecule has 110 valence electrons. The molecular weight excluding hydrogens is 311 g/mol. The predicted octanol–water partition coefficient (Wildman–Crippen LogP) is 4.43. The van der Waals surface area contributed by atoms with Gasteiger partial charge in [-0.1, -0.05) is 36.2 Å². The molecule has 0 aliphatic carbocycles. The molecule has 0 bridgehead atoms. The van der Waals surface area contributed by atoms with Gasteiger partial charge in [0.05, 0.1) is 17.2 Å². The molecule has 1 aromatic carbocycles. The number of nitrogens with zero attached hydrogens (tertiary/aromatic N) is 1. The second-order valence-electron chi connectivity index (χ2n) is 4.32. The van der Waals surface area contributed by atoms with Crippen LogP contribution in [0.25, 0.3) is 0 Å². The molecule has 1 amide bonds. The third-order valence-corrected chi connectivity index (χ3v) is 3.14. The van der Waals surface area contributed by atoms with Gasteiger partial charge >= 0.3 is 0 Å². The predicted molar refractivity (Wildman–Crippen MR) is 84.4 cm³/mol. The van der Waals surface area contributed by atoms with Crippen LogP contribution in [0, 0.1) is 0 Å². The topological polar surface area (TPSA) is 51.2 Å². The van der Waals surface area contributed by atoms with Gasteiger partial charge in [-0.05, 0) is 24.6 Å². The Hall–Kier alpha value is -1.78. The molecule has 0 spiro atoms. The van der Waals surface area contributed by atoms with Gasteiger partial charge in [0.15, 0.2) is 0 Å². The molecule has 21 heavy (non-hydrogen) atoms. The summed E-state index contributed by atoms with van der Waals surface area (Å²) < 4.78 is 5.52. The first kappa shape index (κ1) is 15.6. The van der Waals surface area contributed by atoms with Crippen molar-refractivity contribution in [2.45, 2.75) is 13.3 Å². The van der Waals surface area contributed by atoms with Crippen molar-refractivity contribution in [3.05, 3.63) is 52.3 Å². The Morgan fingerprint density at radius 2 is 2.14 bits per heavy atom. The molecule has 4 nitrogen and oxygen atoms in total. The number of anilines is 1. The number of amides is 1. The summed E-state index contributed by atoms with van der Waals surface area (Å²) in [6.07, 6.45) is 2.27. The quantitative estimate of drug-likeness (QED) is 0.828. The Labute approximate surface area is 133 Å². The molecule has 1 aromatic heterocycles. The fourth-order valence-corrected chi connectivity index (χ4v) is 2.02. The lowest BCUT2D eigenvalue weighted by Gasteiger charge is -2.09. The van der Waals surface area contributed by atoms with Gasteiger partial charge in [-0.3, -0.25) is 4.79 Å². The van der Waals surface area contributed by atoms with Crippen LogP contribution in [0.3, 0.4) is 0 Å². The van der Waals surface area contributed by atoms with Gasteiger partial charge < -0.3 is 10.1 Å². The normalized spacial score (nSPS) is 10.2. The molecule has 1 heterocycles. The highest BCUT2D eigenvalue weighted by Gasteiger charge is 2.12. The van der Waals surface area contributed by atoms with Crippen molar-refractivity contribution >= 4 is 34.8 Å². The smallest absolute Gasteiger partial charge is 0.257 e. The number of rotatable bonds is 5. The fourth-order valence-electron chi connectivity index (χ4n) is 1.67. The lowest BCUT2D eigenvalue weighted by Crippen LogP contribution is -2.12. The SMILES string of the molecule is CCCOc1cccc(NC(=O)c2cc(Cl)ncc2Cl)c1. The van der Waals surface area contributed by atoms with Crippen LogP contribution in [-0.2, 0) is 0 Å². The highest BCUT2D eigenvalue weighted by molar-refractivity contribution is 6.35. The highest BCUT2D eigenvalue weighted by Crippen LogP contribution is 2.22. The Morgan fingerprint density at radius 1 is 1.33 bits per heavy atom. The molecule has 0 unspecified atom stereocenters. The lowest BCUT2D eigenvalue weighted by atomic mass is 10.2. The van der Waals surface area contributed by atoms with Crippen molar-refractivity contribution in [2.24, 2.45) is 0 Å². The number of benzene rings is 1. The third-order valence-electron chi connectivity index (χ3n) is 2.63. The number of aromatic nitrogens is 1. The zero-order valence-corrected chi connectivity index (χ0v) is 12.9. The molecule has 2 rings (SSSR count). The van der Waals surface area contributed by atoms with Gasteiger partial charge in [-0.15, -0.1) is 0 Å². The molecule has 0 saturated carbocycles. The monoisotopic (exact) mass is 324 g/mol. The summed E-state index contributed by atoms with van der Waals surface area (Å²) in [5.74, 6) is 0.352. The summed E-state index contributed by atoms with van der Waals surface area (Å²) in [7, 11) is 0. The molecule has 0 aliphatic heterocycles. The van der Waals surface area contributed by atoms with Crippen molar-refractivity contribution in [1.29, 1.82) is 0 Å². The molecular formula is C15H14Cl2N2O2.